The van der Waals surface area contributed by atoms with Gasteiger partial charge in [0.1, 0.15) is 5.82 Å². The number of carbonyl (C=O) groups is 1. The van der Waals surface area contributed by atoms with Crippen LogP contribution in [0.25, 0.3) is 11.3 Å². The summed E-state index contributed by atoms with van der Waals surface area (Å²) in [4.78, 5) is 20.5. The number of hydrogen-bond donors (Lipinski definition) is 3. The van der Waals surface area contributed by atoms with Gasteiger partial charge in [0.15, 0.2) is 5.78 Å². The van der Waals surface area contributed by atoms with Crippen LogP contribution in [0.15, 0.2) is 42.7 Å². The molecule has 0 bridgehead atoms. The van der Waals surface area contributed by atoms with Crippen LogP contribution in [0.1, 0.15) is 41.9 Å². The number of nitrogens with one attached hydrogen (secondary N) is 2. The average molecular weight is 379 g/mol. The van der Waals surface area contributed by atoms with Crippen molar-refractivity contribution in [3.63, 3.8) is 0 Å². The number of aromatic nitrogens is 2. The number of benzene rings is 1. The van der Waals surface area contributed by atoms with E-state index in [-0.39, 0.29) is 17.8 Å². The maximum Gasteiger partial charge on any atom is 0.167 e. The van der Waals surface area contributed by atoms with Gasteiger partial charge in [-0.3, -0.25) is 9.78 Å². The largest absolute Gasteiger partial charge is 0.392 e. The number of carbonyl (C=O) groups excluding carboxylic acids is 1. The lowest BCUT2D eigenvalue weighted by Gasteiger charge is -2.28. The fraction of sp³-hybridized carbons (Fsp3) is 0.273. The SMILES string of the molecule is CC1(C)CC(=O)c2c([nH]c(-c3ccncc3)c2Nc2ccc(F)cc2CO)C1. The summed E-state index contributed by atoms with van der Waals surface area (Å²) in [5.74, 6) is -0.351. The van der Waals surface area contributed by atoms with Crippen LogP contribution < -0.4 is 5.32 Å². The Labute approximate surface area is 162 Å². The normalized spacial score (nSPS) is 15.4. The number of anilines is 2. The molecule has 1 aromatic carbocycles. The number of fused-ring (bicyclic) bond motifs is 1. The van der Waals surface area contributed by atoms with Crippen molar-refractivity contribution in [3.05, 3.63) is 65.4 Å². The molecule has 1 aliphatic rings. The lowest BCUT2D eigenvalue weighted by Crippen LogP contribution is -2.26. The van der Waals surface area contributed by atoms with Crippen LogP contribution in [-0.2, 0) is 13.0 Å². The number of aromatic amines is 1. The zero-order valence-corrected chi connectivity index (χ0v) is 15.8. The average Bonchev–Trinajstić information content (AvgIpc) is 3.01. The highest BCUT2D eigenvalue weighted by Gasteiger charge is 2.35. The molecule has 0 atom stereocenters. The van der Waals surface area contributed by atoms with E-state index < -0.39 is 5.82 Å². The summed E-state index contributed by atoms with van der Waals surface area (Å²) in [6, 6.07) is 7.94. The van der Waals surface area contributed by atoms with Crippen LogP contribution in [0.2, 0.25) is 0 Å². The zero-order chi connectivity index (χ0) is 19.9. The first kappa shape index (κ1) is 18.4. The van der Waals surface area contributed by atoms with Crippen molar-refractivity contribution >= 4 is 17.2 Å². The van der Waals surface area contributed by atoms with Crippen LogP contribution in [0.3, 0.4) is 0 Å². The van der Waals surface area contributed by atoms with Crippen molar-refractivity contribution in [3.8, 4) is 11.3 Å². The number of ketones is 1. The number of H-pyrrole nitrogens is 1. The molecule has 28 heavy (non-hydrogen) atoms. The summed E-state index contributed by atoms with van der Waals surface area (Å²) in [5.41, 5.74) is 4.74. The van der Waals surface area contributed by atoms with E-state index in [2.05, 4.69) is 29.1 Å². The van der Waals surface area contributed by atoms with Crippen molar-refractivity contribution in [2.45, 2.75) is 33.3 Å². The highest BCUT2D eigenvalue weighted by atomic mass is 19.1. The molecule has 3 N–H and O–H groups in total. The molecule has 0 saturated carbocycles. The van der Waals surface area contributed by atoms with Crippen LogP contribution in [0.4, 0.5) is 15.8 Å². The summed E-state index contributed by atoms with van der Waals surface area (Å²) in [7, 11) is 0. The third kappa shape index (κ3) is 3.31. The number of Topliss-reactive ketones (excluding diaryl/α,β-unsaturated/α-hetero) is 1. The molecule has 1 aliphatic carbocycles. The summed E-state index contributed by atoms with van der Waals surface area (Å²) < 4.78 is 13.6. The van der Waals surface area contributed by atoms with Crippen LogP contribution in [-0.4, -0.2) is 20.9 Å². The Kier molecular flexibility index (Phi) is 4.51. The second kappa shape index (κ2) is 6.87. The molecule has 0 spiro atoms. The van der Waals surface area contributed by atoms with E-state index in [9.17, 15) is 14.3 Å². The van der Waals surface area contributed by atoms with Gasteiger partial charge in [0.05, 0.1) is 23.6 Å². The van der Waals surface area contributed by atoms with E-state index in [1.807, 2.05) is 12.1 Å². The number of rotatable bonds is 4. The van der Waals surface area contributed by atoms with Gasteiger partial charge in [0.25, 0.3) is 0 Å². The topological polar surface area (TPSA) is 78.0 Å². The van der Waals surface area contributed by atoms with Crippen LogP contribution in [0.5, 0.6) is 0 Å². The molecule has 4 rings (SSSR count). The molecule has 0 amide bonds. The molecule has 0 fully saturated rings. The Balaban J connectivity index is 1.88. The molecule has 3 aromatic rings. The Morgan fingerprint density at radius 2 is 1.96 bits per heavy atom. The molecular formula is C22H22FN3O2. The monoisotopic (exact) mass is 379 g/mol. The van der Waals surface area contributed by atoms with E-state index in [1.54, 1.807) is 18.5 Å². The number of pyridine rings is 1. The minimum atomic E-state index is -0.419. The van der Waals surface area contributed by atoms with Gasteiger partial charge in [-0.25, -0.2) is 4.39 Å². The minimum absolute atomic E-state index is 0.0676. The summed E-state index contributed by atoms with van der Waals surface area (Å²) >= 11 is 0. The number of hydrogen-bond acceptors (Lipinski definition) is 4. The quantitative estimate of drug-likeness (QED) is 0.619. The predicted molar refractivity (Wildman–Crippen MR) is 106 cm³/mol. The molecular weight excluding hydrogens is 357 g/mol. The molecule has 0 aliphatic heterocycles. The van der Waals surface area contributed by atoms with Gasteiger partial charge in [0, 0.05) is 41.3 Å². The van der Waals surface area contributed by atoms with Gasteiger partial charge < -0.3 is 15.4 Å². The van der Waals surface area contributed by atoms with E-state index in [0.717, 1.165) is 23.4 Å². The van der Waals surface area contributed by atoms with Crippen molar-refractivity contribution < 1.29 is 14.3 Å². The third-order valence-electron chi connectivity index (χ3n) is 5.12. The fourth-order valence-corrected chi connectivity index (χ4v) is 3.87. The molecule has 0 radical (unpaired) electrons. The fourth-order valence-electron chi connectivity index (χ4n) is 3.87. The molecule has 0 saturated heterocycles. The van der Waals surface area contributed by atoms with Gasteiger partial charge in [-0.2, -0.15) is 0 Å². The Hall–Kier alpha value is -2.99. The van der Waals surface area contributed by atoms with Crippen molar-refractivity contribution in [1.82, 2.24) is 9.97 Å². The van der Waals surface area contributed by atoms with E-state index in [4.69, 9.17) is 0 Å². The lowest BCUT2D eigenvalue weighted by atomic mass is 9.76. The maximum absolute atomic E-state index is 13.6. The van der Waals surface area contributed by atoms with Crippen molar-refractivity contribution in [2.75, 3.05) is 5.32 Å². The molecule has 5 nitrogen and oxygen atoms in total. The van der Waals surface area contributed by atoms with Crippen molar-refractivity contribution in [2.24, 2.45) is 5.41 Å². The second-order valence-corrected chi connectivity index (χ2v) is 7.99. The Morgan fingerprint density at radius 3 is 2.68 bits per heavy atom. The van der Waals surface area contributed by atoms with Crippen LogP contribution in [0, 0.1) is 11.2 Å². The minimum Gasteiger partial charge on any atom is -0.392 e. The van der Waals surface area contributed by atoms with E-state index in [0.29, 0.717) is 28.9 Å². The smallest absolute Gasteiger partial charge is 0.167 e. The van der Waals surface area contributed by atoms with Gasteiger partial charge in [-0.1, -0.05) is 13.8 Å². The van der Waals surface area contributed by atoms with Gasteiger partial charge in [-0.05, 0) is 42.2 Å². The molecule has 2 heterocycles. The molecule has 144 valence electrons. The predicted octanol–water partition coefficient (Wildman–Crippen LogP) is 4.61. The zero-order valence-electron chi connectivity index (χ0n) is 15.8. The summed E-state index contributed by atoms with van der Waals surface area (Å²) in [6.07, 6.45) is 4.60. The number of aliphatic hydroxyl groups excluding tert-OH is 1. The lowest BCUT2D eigenvalue weighted by molar-refractivity contribution is 0.0912. The maximum atomic E-state index is 13.6. The summed E-state index contributed by atoms with van der Waals surface area (Å²) in [5, 5.41) is 12.9. The first-order valence-electron chi connectivity index (χ1n) is 9.23. The highest BCUT2D eigenvalue weighted by molar-refractivity contribution is 6.07. The van der Waals surface area contributed by atoms with E-state index in [1.165, 1.54) is 12.1 Å². The Bertz CT molecular complexity index is 1040. The first-order valence-corrected chi connectivity index (χ1v) is 9.23. The third-order valence-corrected chi connectivity index (χ3v) is 5.12. The van der Waals surface area contributed by atoms with Gasteiger partial charge in [-0.15, -0.1) is 0 Å². The second-order valence-electron chi connectivity index (χ2n) is 7.99. The van der Waals surface area contributed by atoms with Gasteiger partial charge in [0.2, 0.25) is 0 Å². The number of nitrogens with zero attached hydrogens (tertiary/aromatic N) is 1. The standard InChI is InChI=1S/C22H22FN3O2/c1-22(2)10-17-19(18(28)11-22)21(20(26-17)13-5-7-24-8-6-13)25-16-4-3-15(23)9-14(16)12-27/h3-9,25-27H,10-12H2,1-2H3. The molecule has 0 unspecified atom stereocenters. The molecule has 2 aromatic heterocycles. The number of halogens is 1. The van der Waals surface area contributed by atoms with Crippen LogP contribution >= 0.6 is 0 Å². The number of aliphatic hydroxyl groups is 1. The first-order chi connectivity index (χ1) is 13.4. The van der Waals surface area contributed by atoms with E-state index >= 15 is 0 Å². The molecule has 6 heteroatoms. The van der Waals surface area contributed by atoms with Gasteiger partial charge >= 0.3 is 0 Å². The Morgan fingerprint density at radius 1 is 1.21 bits per heavy atom. The summed E-state index contributed by atoms with van der Waals surface area (Å²) in [6.45, 7) is 3.85. The van der Waals surface area contributed by atoms with Crippen molar-refractivity contribution in [1.29, 1.82) is 0 Å². The highest BCUT2D eigenvalue weighted by Crippen LogP contribution is 2.43.